The third-order valence-corrected chi connectivity index (χ3v) is 4.61. The smallest absolute Gasteiger partial charge is 0.103 e. The molecule has 1 aliphatic carbocycles. The molecule has 0 aromatic carbocycles. The lowest BCUT2D eigenvalue weighted by molar-refractivity contribution is 0.285. The summed E-state index contributed by atoms with van der Waals surface area (Å²) in [5.41, 5.74) is 6.37. The molecule has 2 unspecified atom stereocenters. The molecule has 0 radical (unpaired) electrons. The maximum atomic E-state index is 6.37. The predicted octanol–water partition coefficient (Wildman–Crippen LogP) is 3.27. The Morgan fingerprint density at radius 3 is 2.65 bits per heavy atom. The van der Waals surface area contributed by atoms with Crippen LogP contribution >= 0.6 is 12.6 Å². The van der Waals surface area contributed by atoms with Gasteiger partial charge < -0.3 is 10.2 Å². The van der Waals surface area contributed by atoms with Crippen molar-refractivity contribution in [3.8, 4) is 0 Å². The van der Waals surface area contributed by atoms with Gasteiger partial charge in [-0.05, 0) is 43.2 Å². The van der Waals surface area contributed by atoms with Crippen LogP contribution in [0, 0.1) is 11.8 Å². The number of thiol groups is 1. The summed E-state index contributed by atoms with van der Waals surface area (Å²) in [5, 5.41) is 0. The van der Waals surface area contributed by atoms with Gasteiger partial charge in [0.15, 0.2) is 0 Å². The van der Waals surface area contributed by atoms with E-state index in [-0.39, 0.29) is 10.8 Å². The first-order chi connectivity index (χ1) is 8.03. The summed E-state index contributed by atoms with van der Waals surface area (Å²) in [6.45, 7) is 4.52. The van der Waals surface area contributed by atoms with E-state index in [0.717, 1.165) is 18.6 Å². The molecule has 1 aromatic rings. The Morgan fingerprint density at radius 1 is 1.47 bits per heavy atom. The van der Waals surface area contributed by atoms with Gasteiger partial charge in [0.25, 0.3) is 0 Å². The standard InChI is InChI=1S/C14H23NOS/c1-10(2)13(14(17)7-8-14)12(15)6-5-11-4-3-9-16-11/h3-4,9-10,12-13,17H,5-8,15H2,1-2H3. The van der Waals surface area contributed by atoms with E-state index in [0.29, 0.717) is 11.8 Å². The highest BCUT2D eigenvalue weighted by Gasteiger charge is 2.49. The van der Waals surface area contributed by atoms with Crippen LogP contribution in [0.4, 0.5) is 0 Å². The van der Waals surface area contributed by atoms with E-state index in [1.165, 1.54) is 12.8 Å². The molecule has 2 N–H and O–H groups in total. The normalized spacial score (nSPS) is 21.5. The number of hydrogen-bond acceptors (Lipinski definition) is 3. The van der Waals surface area contributed by atoms with Gasteiger partial charge >= 0.3 is 0 Å². The molecule has 1 aromatic heterocycles. The van der Waals surface area contributed by atoms with E-state index in [9.17, 15) is 0 Å². The predicted molar refractivity (Wildman–Crippen MR) is 74.3 cm³/mol. The fourth-order valence-electron chi connectivity index (χ4n) is 2.92. The molecule has 1 fully saturated rings. The lowest BCUT2D eigenvalue weighted by Crippen LogP contribution is -2.40. The average molecular weight is 253 g/mol. The van der Waals surface area contributed by atoms with Gasteiger partial charge in [0.2, 0.25) is 0 Å². The zero-order valence-electron chi connectivity index (χ0n) is 10.7. The van der Waals surface area contributed by atoms with E-state index in [2.05, 4.69) is 13.8 Å². The van der Waals surface area contributed by atoms with E-state index in [4.69, 9.17) is 22.8 Å². The van der Waals surface area contributed by atoms with Crippen LogP contribution in [0.15, 0.2) is 22.8 Å². The quantitative estimate of drug-likeness (QED) is 0.764. The summed E-state index contributed by atoms with van der Waals surface area (Å²) < 4.78 is 5.56. The Hall–Kier alpha value is -0.410. The number of hydrogen-bond donors (Lipinski definition) is 2. The molecule has 0 saturated heterocycles. The number of aryl methyl sites for hydroxylation is 1. The zero-order valence-corrected chi connectivity index (χ0v) is 11.6. The van der Waals surface area contributed by atoms with Crippen LogP contribution in [0.2, 0.25) is 0 Å². The van der Waals surface area contributed by atoms with Crippen LogP contribution in [0.1, 0.15) is 38.9 Å². The fourth-order valence-corrected chi connectivity index (χ4v) is 3.52. The summed E-state index contributed by atoms with van der Waals surface area (Å²) in [7, 11) is 0. The highest BCUT2D eigenvalue weighted by molar-refractivity contribution is 7.82. The van der Waals surface area contributed by atoms with Crippen LogP contribution in [-0.2, 0) is 6.42 Å². The summed E-state index contributed by atoms with van der Waals surface area (Å²) in [4.78, 5) is 0. The third kappa shape index (κ3) is 3.08. The Balaban J connectivity index is 1.90. The Kier molecular flexibility index (Phi) is 3.88. The van der Waals surface area contributed by atoms with Crippen molar-refractivity contribution in [1.29, 1.82) is 0 Å². The van der Waals surface area contributed by atoms with Crippen LogP contribution in [0.5, 0.6) is 0 Å². The molecule has 2 nitrogen and oxygen atoms in total. The second kappa shape index (κ2) is 5.07. The van der Waals surface area contributed by atoms with E-state index >= 15 is 0 Å². The molecule has 0 bridgehead atoms. The van der Waals surface area contributed by atoms with Crippen molar-refractivity contribution >= 4 is 12.6 Å². The maximum absolute atomic E-state index is 6.37. The highest BCUT2D eigenvalue weighted by atomic mass is 32.1. The van der Waals surface area contributed by atoms with Gasteiger partial charge in [-0.15, -0.1) is 0 Å². The summed E-state index contributed by atoms with van der Waals surface area (Å²) in [5.74, 6) is 2.15. The third-order valence-electron chi connectivity index (χ3n) is 3.87. The molecule has 96 valence electrons. The van der Waals surface area contributed by atoms with Crippen molar-refractivity contribution in [3.63, 3.8) is 0 Å². The minimum absolute atomic E-state index is 0.205. The number of rotatable bonds is 6. The van der Waals surface area contributed by atoms with Gasteiger partial charge in [-0.1, -0.05) is 13.8 Å². The monoisotopic (exact) mass is 253 g/mol. The molecule has 1 heterocycles. The lowest BCUT2D eigenvalue weighted by Gasteiger charge is -2.32. The highest BCUT2D eigenvalue weighted by Crippen LogP contribution is 2.52. The molecule has 0 aliphatic heterocycles. The summed E-state index contributed by atoms with van der Waals surface area (Å²) >= 11 is 4.80. The molecular weight excluding hydrogens is 230 g/mol. The van der Waals surface area contributed by atoms with Gasteiger partial charge in [-0.2, -0.15) is 12.6 Å². The molecule has 2 rings (SSSR count). The van der Waals surface area contributed by atoms with Crippen LogP contribution in [-0.4, -0.2) is 10.8 Å². The van der Waals surface area contributed by atoms with Gasteiger partial charge in [0.05, 0.1) is 6.26 Å². The molecule has 3 heteroatoms. The summed E-state index contributed by atoms with van der Waals surface area (Å²) in [6.07, 6.45) is 6.07. The summed E-state index contributed by atoms with van der Waals surface area (Å²) in [6, 6.07) is 4.17. The number of nitrogens with two attached hydrogens (primary N) is 1. The molecule has 1 saturated carbocycles. The van der Waals surface area contributed by atoms with Crippen LogP contribution in [0.25, 0.3) is 0 Å². The molecule has 0 amide bonds. The van der Waals surface area contributed by atoms with Crippen molar-refractivity contribution in [2.75, 3.05) is 0 Å². The second-order valence-electron chi connectivity index (χ2n) is 5.66. The first kappa shape index (κ1) is 13.0. The molecule has 0 spiro atoms. The van der Waals surface area contributed by atoms with Crippen molar-refractivity contribution in [2.24, 2.45) is 17.6 Å². The van der Waals surface area contributed by atoms with Crippen molar-refractivity contribution < 1.29 is 4.42 Å². The SMILES string of the molecule is CC(C)C(C(N)CCc1ccco1)C1(S)CC1. The van der Waals surface area contributed by atoms with Gasteiger partial charge in [-0.25, -0.2) is 0 Å². The largest absolute Gasteiger partial charge is 0.469 e. The van der Waals surface area contributed by atoms with Crippen molar-refractivity contribution in [3.05, 3.63) is 24.2 Å². The Bertz CT molecular complexity index is 343. The van der Waals surface area contributed by atoms with Crippen molar-refractivity contribution in [2.45, 2.75) is 50.3 Å². The van der Waals surface area contributed by atoms with Crippen LogP contribution in [0.3, 0.4) is 0 Å². The first-order valence-electron chi connectivity index (χ1n) is 6.53. The van der Waals surface area contributed by atoms with Gasteiger partial charge in [-0.3, -0.25) is 0 Å². The Labute approximate surface area is 109 Å². The second-order valence-corrected chi connectivity index (χ2v) is 6.55. The minimum atomic E-state index is 0.205. The van der Waals surface area contributed by atoms with E-state index in [1.54, 1.807) is 6.26 Å². The number of furan rings is 1. The average Bonchev–Trinajstić information content (AvgIpc) is 2.82. The lowest BCUT2D eigenvalue weighted by atomic mass is 9.82. The van der Waals surface area contributed by atoms with E-state index < -0.39 is 0 Å². The zero-order chi connectivity index (χ0) is 12.5. The maximum Gasteiger partial charge on any atom is 0.103 e. The van der Waals surface area contributed by atoms with Crippen molar-refractivity contribution in [1.82, 2.24) is 0 Å². The molecule has 17 heavy (non-hydrogen) atoms. The topological polar surface area (TPSA) is 39.2 Å². The van der Waals surface area contributed by atoms with Gasteiger partial charge in [0.1, 0.15) is 5.76 Å². The fraction of sp³-hybridized carbons (Fsp3) is 0.714. The molecule has 2 atom stereocenters. The molecule has 1 aliphatic rings. The van der Waals surface area contributed by atoms with Crippen LogP contribution < -0.4 is 5.73 Å². The molecular formula is C14H23NOS. The Morgan fingerprint density at radius 2 is 2.18 bits per heavy atom. The van der Waals surface area contributed by atoms with Gasteiger partial charge in [0, 0.05) is 17.2 Å². The minimum Gasteiger partial charge on any atom is -0.469 e. The van der Waals surface area contributed by atoms with E-state index in [1.807, 2.05) is 12.1 Å². The first-order valence-corrected chi connectivity index (χ1v) is 6.98.